The van der Waals surface area contributed by atoms with Crippen molar-refractivity contribution in [3.05, 3.63) is 35.0 Å². The number of methoxy groups -OCH3 is 1. The fourth-order valence-corrected chi connectivity index (χ4v) is 3.11. The summed E-state index contributed by atoms with van der Waals surface area (Å²) in [6.45, 7) is 0. The lowest BCUT2D eigenvalue weighted by atomic mass is 10.1. The van der Waals surface area contributed by atoms with E-state index in [0.717, 1.165) is 22.4 Å². The normalized spacial score (nSPS) is 13.2. The van der Waals surface area contributed by atoms with Gasteiger partial charge >= 0.3 is 0 Å². The minimum atomic E-state index is -3.64. The third-order valence-electron chi connectivity index (χ3n) is 3.11. The molecule has 1 aromatic carbocycles. The quantitative estimate of drug-likeness (QED) is 0.694. The first-order valence-electron chi connectivity index (χ1n) is 5.55. The van der Waals surface area contributed by atoms with Crippen molar-refractivity contribution in [2.45, 2.75) is 12.2 Å². The van der Waals surface area contributed by atoms with Crippen LogP contribution in [0.5, 0.6) is 5.75 Å². The molecule has 1 heterocycles. The molecule has 0 fully saturated rings. The lowest BCUT2D eigenvalue weighted by Crippen LogP contribution is -1.98. The number of rotatable bonds is 3. The fraction of sp³-hybridized carbons (Fsp3) is 0.250. The zero-order valence-electron chi connectivity index (χ0n) is 10.0. The Morgan fingerprint density at radius 2 is 2.26 bits per heavy atom. The van der Waals surface area contributed by atoms with Crippen molar-refractivity contribution in [2.24, 2.45) is 0 Å². The van der Waals surface area contributed by atoms with Crippen LogP contribution in [0.3, 0.4) is 0 Å². The van der Waals surface area contributed by atoms with E-state index in [1.807, 2.05) is 18.2 Å². The predicted octanol–water partition coefficient (Wildman–Crippen LogP) is 2.32. The Morgan fingerprint density at radius 3 is 2.95 bits per heavy atom. The van der Waals surface area contributed by atoms with Gasteiger partial charge in [-0.25, -0.2) is 8.42 Å². The number of hydrogen-bond donors (Lipinski definition) is 0. The van der Waals surface area contributed by atoms with E-state index in [-0.39, 0.29) is 5.75 Å². The van der Waals surface area contributed by atoms with Crippen molar-refractivity contribution in [1.82, 2.24) is 5.16 Å². The second kappa shape index (κ2) is 4.25. The molecule has 0 saturated carbocycles. The van der Waals surface area contributed by atoms with Crippen molar-refractivity contribution in [3.8, 4) is 17.1 Å². The molecule has 0 N–H and O–H groups in total. The third kappa shape index (κ3) is 2.21. The molecule has 19 heavy (non-hydrogen) atoms. The molecule has 7 heteroatoms. The first kappa shape index (κ1) is 12.5. The van der Waals surface area contributed by atoms with Gasteiger partial charge < -0.3 is 9.26 Å². The number of hydrogen-bond acceptors (Lipinski definition) is 5. The van der Waals surface area contributed by atoms with Crippen molar-refractivity contribution >= 4 is 19.7 Å². The summed E-state index contributed by atoms with van der Waals surface area (Å²) < 4.78 is 32.7. The second-order valence-corrected chi connectivity index (χ2v) is 7.10. The Labute approximate surface area is 114 Å². The molecule has 0 amide bonds. The summed E-state index contributed by atoms with van der Waals surface area (Å²) in [6.07, 6.45) is 0.597. The van der Waals surface area contributed by atoms with Crippen LogP contribution in [0.1, 0.15) is 16.8 Å². The molecule has 0 aliphatic heterocycles. The summed E-state index contributed by atoms with van der Waals surface area (Å²) in [5.41, 5.74) is 3.11. The van der Waals surface area contributed by atoms with Gasteiger partial charge in [-0.05, 0) is 17.7 Å². The standard InChI is InChI=1S/C12H10ClNO4S/c1-17-8-3-2-7-4-10-11(6-19(13,15)16)14-18-12(10)9(7)5-8/h2-3,5H,4,6H2,1H3. The van der Waals surface area contributed by atoms with Crippen LogP contribution in [0.25, 0.3) is 11.3 Å². The van der Waals surface area contributed by atoms with Crippen LogP contribution in [-0.4, -0.2) is 20.7 Å². The van der Waals surface area contributed by atoms with Gasteiger partial charge in [-0.1, -0.05) is 11.2 Å². The number of benzene rings is 1. The minimum absolute atomic E-state index is 0.321. The molecule has 0 unspecified atom stereocenters. The van der Waals surface area contributed by atoms with Gasteiger partial charge in [0.25, 0.3) is 0 Å². The molecule has 0 radical (unpaired) electrons. The van der Waals surface area contributed by atoms with Crippen LogP contribution in [0.2, 0.25) is 0 Å². The molecular formula is C12H10ClNO4S. The lowest BCUT2D eigenvalue weighted by Gasteiger charge is -2.02. The molecular weight excluding hydrogens is 290 g/mol. The van der Waals surface area contributed by atoms with Crippen molar-refractivity contribution < 1.29 is 17.7 Å². The molecule has 0 saturated heterocycles. The lowest BCUT2D eigenvalue weighted by molar-refractivity contribution is 0.412. The minimum Gasteiger partial charge on any atom is -0.497 e. The molecule has 100 valence electrons. The summed E-state index contributed by atoms with van der Waals surface area (Å²) in [6, 6.07) is 5.64. The van der Waals surface area contributed by atoms with E-state index in [4.69, 9.17) is 19.9 Å². The van der Waals surface area contributed by atoms with Gasteiger partial charge in [-0.3, -0.25) is 0 Å². The van der Waals surface area contributed by atoms with Crippen molar-refractivity contribution in [2.75, 3.05) is 7.11 Å². The molecule has 3 rings (SSSR count). The molecule has 1 aromatic heterocycles. The first-order chi connectivity index (χ1) is 8.98. The van der Waals surface area contributed by atoms with Crippen LogP contribution in [0.15, 0.2) is 22.7 Å². The summed E-state index contributed by atoms with van der Waals surface area (Å²) in [5.74, 6) is 0.997. The van der Waals surface area contributed by atoms with Crippen LogP contribution < -0.4 is 4.74 Å². The molecule has 0 atom stereocenters. The van der Waals surface area contributed by atoms with Crippen LogP contribution in [-0.2, 0) is 21.2 Å². The monoisotopic (exact) mass is 299 g/mol. The molecule has 0 spiro atoms. The average molecular weight is 300 g/mol. The summed E-state index contributed by atoms with van der Waals surface area (Å²) in [7, 11) is 3.20. The van der Waals surface area contributed by atoms with Gasteiger partial charge in [0.05, 0.1) is 7.11 Å². The molecule has 1 aliphatic carbocycles. The Bertz CT molecular complexity index is 751. The van der Waals surface area contributed by atoms with Crippen molar-refractivity contribution in [3.63, 3.8) is 0 Å². The number of nitrogens with zero attached hydrogens (tertiary/aromatic N) is 1. The van der Waals surface area contributed by atoms with E-state index in [9.17, 15) is 8.42 Å². The van der Waals surface area contributed by atoms with Gasteiger partial charge in [-0.15, -0.1) is 0 Å². The van der Waals surface area contributed by atoms with E-state index < -0.39 is 9.05 Å². The van der Waals surface area contributed by atoms with E-state index >= 15 is 0 Å². The number of fused-ring (bicyclic) bond motifs is 3. The number of halogens is 1. The fourth-order valence-electron chi connectivity index (χ4n) is 2.25. The van der Waals surface area contributed by atoms with E-state index in [2.05, 4.69) is 5.16 Å². The highest BCUT2D eigenvalue weighted by atomic mass is 35.7. The zero-order valence-corrected chi connectivity index (χ0v) is 11.6. The third-order valence-corrected chi connectivity index (χ3v) is 4.05. The highest BCUT2D eigenvalue weighted by Gasteiger charge is 2.28. The molecule has 0 bridgehead atoms. The predicted molar refractivity (Wildman–Crippen MR) is 69.8 cm³/mol. The van der Waals surface area contributed by atoms with Gasteiger partial charge in [0.15, 0.2) is 5.76 Å². The maximum atomic E-state index is 11.1. The van der Waals surface area contributed by atoms with Crippen LogP contribution >= 0.6 is 10.7 Å². The Hall–Kier alpha value is -1.53. The van der Waals surface area contributed by atoms with Crippen molar-refractivity contribution in [1.29, 1.82) is 0 Å². The number of aromatic nitrogens is 1. The largest absolute Gasteiger partial charge is 0.497 e. The van der Waals surface area contributed by atoms with Gasteiger partial charge in [0.1, 0.15) is 17.2 Å². The molecule has 5 nitrogen and oxygen atoms in total. The average Bonchev–Trinajstić information content (AvgIpc) is 2.87. The molecule has 1 aliphatic rings. The number of ether oxygens (including phenoxy) is 1. The highest BCUT2D eigenvalue weighted by molar-refractivity contribution is 8.13. The van der Waals surface area contributed by atoms with Gasteiger partial charge in [0.2, 0.25) is 9.05 Å². The summed E-state index contributed by atoms with van der Waals surface area (Å²) in [5, 5.41) is 3.80. The Balaban J connectivity index is 2.06. The van der Waals surface area contributed by atoms with Crippen LogP contribution in [0.4, 0.5) is 0 Å². The van der Waals surface area contributed by atoms with Gasteiger partial charge in [0, 0.05) is 28.2 Å². The van der Waals surface area contributed by atoms with Crippen LogP contribution in [0, 0.1) is 0 Å². The Morgan fingerprint density at radius 1 is 1.47 bits per heavy atom. The maximum Gasteiger partial charge on any atom is 0.238 e. The van der Waals surface area contributed by atoms with E-state index in [1.165, 1.54) is 0 Å². The van der Waals surface area contributed by atoms with E-state index in [1.54, 1.807) is 7.11 Å². The smallest absolute Gasteiger partial charge is 0.238 e. The Kier molecular flexibility index (Phi) is 2.79. The zero-order chi connectivity index (χ0) is 13.6. The van der Waals surface area contributed by atoms with Gasteiger partial charge in [-0.2, -0.15) is 0 Å². The second-order valence-electron chi connectivity index (χ2n) is 4.32. The summed E-state index contributed by atoms with van der Waals surface area (Å²) >= 11 is 0. The van der Waals surface area contributed by atoms with E-state index in [0.29, 0.717) is 17.9 Å². The molecule has 2 aromatic rings. The highest BCUT2D eigenvalue weighted by Crippen LogP contribution is 2.40. The SMILES string of the molecule is COc1ccc2c(c1)-c1onc(CS(=O)(=O)Cl)c1C2. The topological polar surface area (TPSA) is 69.4 Å². The summed E-state index contributed by atoms with van der Waals surface area (Å²) in [4.78, 5) is 0. The maximum absolute atomic E-state index is 11.1. The first-order valence-corrected chi connectivity index (χ1v) is 8.03.